The predicted molar refractivity (Wildman–Crippen MR) is 123 cm³/mol. The average molecular weight is 467 g/mol. The molecule has 0 aliphatic carbocycles. The maximum Gasteiger partial charge on any atom is 0.242 e. The summed E-state index contributed by atoms with van der Waals surface area (Å²) in [7, 11) is 1.60. The summed E-state index contributed by atoms with van der Waals surface area (Å²) < 4.78 is 10.8. The maximum absolute atomic E-state index is 13.0. The molecule has 2 aromatic rings. The zero-order chi connectivity index (χ0) is 22.8. The van der Waals surface area contributed by atoms with Gasteiger partial charge in [-0.3, -0.25) is 9.59 Å². The maximum atomic E-state index is 13.0. The highest BCUT2D eigenvalue weighted by atomic mass is 35.5. The number of rotatable bonds is 11. The van der Waals surface area contributed by atoms with E-state index in [0.717, 1.165) is 5.75 Å². The van der Waals surface area contributed by atoms with Gasteiger partial charge in [-0.25, -0.2) is 0 Å². The van der Waals surface area contributed by atoms with Crippen LogP contribution in [0.3, 0.4) is 0 Å². The molecule has 1 atom stereocenters. The predicted octanol–water partition coefficient (Wildman–Crippen LogP) is 4.71. The highest BCUT2D eigenvalue weighted by Crippen LogP contribution is 2.27. The zero-order valence-electron chi connectivity index (χ0n) is 18.0. The first-order valence-electron chi connectivity index (χ1n) is 10.1. The Morgan fingerprint density at radius 2 is 1.68 bits per heavy atom. The van der Waals surface area contributed by atoms with E-state index in [9.17, 15) is 9.59 Å². The SMILES string of the molecule is CCNC(=O)C(C)N(Cc1c(Cl)cccc1Cl)C(=O)CCCOc1ccc(OC)cc1. The fourth-order valence-corrected chi connectivity index (χ4v) is 3.50. The molecule has 2 amide bonds. The van der Waals surface area contributed by atoms with Gasteiger partial charge >= 0.3 is 0 Å². The number of methoxy groups -OCH3 is 1. The van der Waals surface area contributed by atoms with Crippen molar-refractivity contribution in [2.45, 2.75) is 39.3 Å². The molecule has 31 heavy (non-hydrogen) atoms. The monoisotopic (exact) mass is 466 g/mol. The van der Waals surface area contributed by atoms with Gasteiger partial charge in [0, 0.05) is 35.1 Å². The number of likely N-dealkylation sites (N-methyl/N-ethyl adjacent to an activating group) is 1. The van der Waals surface area contributed by atoms with Gasteiger partial charge in [-0.1, -0.05) is 29.3 Å². The molecule has 0 heterocycles. The van der Waals surface area contributed by atoms with E-state index in [2.05, 4.69) is 5.32 Å². The second kappa shape index (κ2) is 12.4. The zero-order valence-corrected chi connectivity index (χ0v) is 19.5. The lowest BCUT2D eigenvalue weighted by Crippen LogP contribution is -2.47. The third kappa shape index (κ3) is 7.33. The van der Waals surface area contributed by atoms with Crippen molar-refractivity contribution in [2.24, 2.45) is 0 Å². The summed E-state index contributed by atoms with van der Waals surface area (Å²) in [6, 6.07) is 11.7. The Morgan fingerprint density at radius 1 is 1.06 bits per heavy atom. The molecule has 1 unspecified atom stereocenters. The third-order valence-corrected chi connectivity index (χ3v) is 5.48. The van der Waals surface area contributed by atoms with Gasteiger partial charge in [-0.15, -0.1) is 0 Å². The van der Waals surface area contributed by atoms with E-state index in [-0.39, 0.29) is 24.8 Å². The van der Waals surface area contributed by atoms with Crippen LogP contribution in [0.25, 0.3) is 0 Å². The Kier molecular flexibility index (Phi) is 9.95. The fourth-order valence-electron chi connectivity index (χ4n) is 2.99. The molecular weight excluding hydrogens is 439 g/mol. The van der Waals surface area contributed by atoms with Crippen LogP contribution in [0.15, 0.2) is 42.5 Å². The van der Waals surface area contributed by atoms with Crippen molar-refractivity contribution >= 4 is 35.0 Å². The van der Waals surface area contributed by atoms with Gasteiger partial charge in [-0.05, 0) is 56.7 Å². The molecule has 0 aliphatic rings. The van der Waals surface area contributed by atoms with Crippen molar-refractivity contribution in [1.82, 2.24) is 10.2 Å². The Hall–Kier alpha value is -2.44. The van der Waals surface area contributed by atoms with Crippen molar-refractivity contribution in [3.63, 3.8) is 0 Å². The van der Waals surface area contributed by atoms with Gasteiger partial charge in [0.2, 0.25) is 11.8 Å². The summed E-state index contributed by atoms with van der Waals surface area (Å²) >= 11 is 12.6. The second-order valence-electron chi connectivity index (χ2n) is 6.92. The normalized spacial score (nSPS) is 11.5. The Labute approximate surface area is 193 Å². The van der Waals surface area contributed by atoms with Crippen LogP contribution in [0.2, 0.25) is 10.0 Å². The van der Waals surface area contributed by atoms with Crippen molar-refractivity contribution in [1.29, 1.82) is 0 Å². The quantitative estimate of drug-likeness (QED) is 0.486. The topological polar surface area (TPSA) is 67.9 Å². The number of benzene rings is 2. The molecule has 0 fully saturated rings. The molecule has 0 spiro atoms. The van der Waals surface area contributed by atoms with E-state index in [1.54, 1.807) is 32.2 Å². The first kappa shape index (κ1) is 24.8. The lowest BCUT2D eigenvalue weighted by atomic mass is 10.1. The smallest absolute Gasteiger partial charge is 0.242 e. The molecule has 168 valence electrons. The molecule has 8 heteroatoms. The van der Waals surface area contributed by atoms with Crippen LogP contribution in [0.1, 0.15) is 32.3 Å². The number of hydrogen-bond acceptors (Lipinski definition) is 4. The number of ether oxygens (including phenoxy) is 2. The van der Waals surface area contributed by atoms with Gasteiger partial charge in [0.15, 0.2) is 0 Å². The van der Waals surface area contributed by atoms with Gasteiger partial charge in [0.25, 0.3) is 0 Å². The molecule has 0 aromatic heterocycles. The van der Waals surface area contributed by atoms with E-state index in [1.165, 1.54) is 4.90 Å². The number of hydrogen-bond donors (Lipinski definition) is 1. The lowest BCUT2D eigenvalue weighted by molar-refractivity contribution is -0.140. The fraction of sp³-hybridized carbons (Fsp3) is 0.391. The van der Waals surface area contributed by atoms with E-state index in [4.69, 9.17) is 32.7 Å². The molecule has 0 aliphatic heterocycles. The number of nitrogens with one attached hydrogen (secondary N) is 1. The number of nitrogens with zero attached hydrogens (tertiary/aromatic N) is 1. The molecule has 0 saturated carbocycles. The van der Waals surface area contributed by atoms with E-state index < -0.39 is 6.04 Å². The number of amides is 2. The lowest BCUT2D eigenvalue weighted by Gasteiger charge is -2.29. The van der Waals surface area contributed by atoms with Crippen LogP contribution in [0, 0.1) is 0 Å². The van der Waals surface area contributed by atoms with Crippen molar-refractivity contribution in [3.05, 3.63) is 58.1 Å². The molecular formula is C23H28Cl2N2O4. The van der Waals surface area contributed by atoms with Gasteiger partial charge in [-0.2, -0.15) is 0 Å². The van der Waals surface area contributed by atoms with Crippen LogP contribution >= 0.6 is 23.2 Å². The van der Waals surface area contributed by atoms with Gasteiger partial charge in [0.05, 0.1) is 13.7 Å². The summed E-state index contributed by atoms with van der Waals surface area (Å²) in [5.74, 6) is 1.04. The molecule has 6 nitrogen and oxygen atoms in total. The summed E-state index contributed by atoms with van der Waals surface area (Å²) in [6.45, 7) is 4.52. The van der Waals surface area contributed by atoms with E-state index >= 15 is 0 Å². The summed E-state index contributed by atoms with van der Waals surface area (Å²) in [4.78, 5) is 26.9. The highest BCUT2D eigenvalue weighted by molar-refractivity contribution is 6.36. The van der Waals surface area contributed by atoms with Crippen molar-refractivity contribution < 1.29 is 19.1 Å². The molecule has 0 radical (unpaired) electrons. The van der Waals surface area contributed by atoms with Crippen LogP contribution < -0.4 is 14.8 Å². The molecule has 0 bridgehead atoms. The van der Waals surface area contributed by atoms with Crippen molar-refractivity contribution in [3.8, 4) is 11.5 Å². The largest absolute Gasteiger partial charge is 0.497 e. The van der Waals surface area contributed by atoms with E-state index in [1.807, 2.05) is 31.2 Å². The molecule has 0 saturated heterocycles. The number of carbonyl (C=O) groups excluding carboxylic acids is 2. The molecule has 2 aromatic carbocycles. The minimum absolute atomic E-state index is 0.148. The summed E-state index contributed by atoms with van der Waals surface area (Å²) in [5.41, 5.74) is 0.616. The number of carbonyl (C=O) groups is 2. The Bertz CT molecular complexity index is 854. The first-order valence-corrected chi connectivity index (χ1v) is 10.9. The van der Waals surface area contributed by atoms with Gasteiger partial charge in [0.1, 0.15) is 17.5 Å². The van der Waals surface area contributed by atoms with E-state index in [0.29, 0.717) is 40.9 Å². The van der Waals surface area contributed by atoms with Crippen molar-refractivity contribution in [2.75, 3.05) is 20.3 Å². The molecule has 2 rings (SSSR count). The summed E-state index contributed by atoms with van der Waals surface area (Å²) in [5, 5.41) is 3.67. The molecule has 1 N–H and O–H groups in total. The third-order valence-electron chi connectivity index (χ3n) is 4.77. The number of halogens is 2. The minimum Gasteiger partial charge on any atom is -0.497 e. The van der Waals surface area contributed by atoms with Crippen LogP contribution in [0.5, 0.6) is 11.5 Å². The minimum atomic E-state index is -0.665. The Balaban J connectivity index is 2.02. The average Bonchev–Trinajstić information content (AvgIpc) is 2.76. The highest BCUT2D eigenvalue weighted by Gasteiger charge is 2.26. The van der Waals surface area contributed by atoms with Crippen LogP contribution in [0.4, 0.5) is 0 Å². The summed E-state index contributed by atoms with van der Waals surface area (Å²) in [6.07, 6.45) is 0.724. The Morgan fingerprint density at radius 3 is 2.26 bits per heavy atom. The van der Waals surface area contributed by atoms with Gasteiger partial charge < -0.3 is 19.7 Å². The first-order chi connectivity index (χ1) is 14.9. The second-order valence-corrected chi connectivity index (χ2v) is 7.73. The van der Waals surface area contributed by atoms with Crippen LogP contribution in [-0.4, -0.2) is 43.0 Å². The van der Waals surface area contributed by atoms with Crippen LogP contribution in [-0.2, 0) is 16.1 Å². The standard InChI is InChI=1S/C23H28Cl2N2O4/c1-4-26-23(29)16(2)27(15-19-20(24)7-5-8-21(19)25)22(28)9-6-14-31-18-12-10-17(30-3)11-13-18/h5,7-8,10-13,16H,4,6,9,14-15H2,1-3H3,(H,26,29).